The van der Waals surface area contributed by atoms with Gasteiger partial charge in [0.15, 0.2) is 0 Å². The quantitative estimate of drug-likeness (QED) is 0.869. The van der Waals surface area contributed by atoms with Gasteiger partial charge in [0.1, 0.15) is 6.54 Å². The molecule has 0 atom stereocenters. The Balaban J connectivity index is 1.64. The van der Waals surface area contributed by atoms with Gasteiger partial charge in [-0.15, -0.1) is 10.2 Å². The Morgan fingerprint density at radius 3 is 2.61 bits per heavy atom. The molecule has 1 aliphatic rings. The van der Waals surface area contributed by atoms with Gasteiger partial charge >= 0.3 is 0 Å². The molecule has 0 spiro atoms. The number of aromatic nitrogens is 4. The molecule has 1 saturated carbocycles. The number of carbonyl (C=O) groups excluding carboxylic acids is 1. The van der Waals surface area contributed by atoms with E-state index in [1.165, 1.54) is 29.6 Å². The predicted molar refractivity (Wildman–Crippen MR) is 87.6 cm³/mol. The van der Waals surface area contributed by atoms with Crippen LogP contribution in [0.25, 0.3) is 11.4 Å². The first-order valence-corrected chi connectivity index (χ1v) is 8.24. The summed E-state index contributed by atoms with van der Waals surface area (Å²) in [6.45, 7) is 2.18. The van der Waals surface area contributed by atoms with Crippen LogP contribution in [0, 0.1) is 6.92 Å². The van der Waals surface area contributed by atoms with E-state index in [9.17, 15) is 4.79 Å². The summed E-state index contributed by atoms with van der Waals surface area (Å²) in [6.07, 6.45) is 5.90. The van der Waals surface area contributed by atoms with E-state index in [2.05, 4.69) is 15.4 Å². The monoisotopic (exact) mass is 313 g/mol. The topological polar surface area (TPSA) is 63.9 Å². The summed E-state index contributed by atoms with van der Waals surface area (Å²) in [5, 5.41) is 12.4. The van der Waals surface area contributed by atoms with E-state index in [1.54, 1.807) is 0 Å². The van der Waals surface area contributed by atoms with E-state index in [0.717, 1.165) is 18.4 Å². The summed E-state index contributed by atoms with van der Waals surface area (Å²) in [5.74, 6) is 0.600. The zero-order chi connectivity index (χ0) is 16.2. The fourth-order valence-electron chi connectivity index (χ4n) is 3.03. The molecule has 0 aliphatic heterocycles. The maximum Gasteiger partial charge on any atom is 0.246 e. The molecule has 1 aromatic heterocycles. The number of likely N-dealkylation sites (N-methyl/N-ethyl adjacent to an activating group) is 1. The van der Waals surface area contributed by atoms with Gasteiger partial charge in [0.25, 0.3) is 0 Å². The van der Waals surface area contributed by atoms with Gasteiger partial charge in [-0.1, -0.05) is 49.1 Å². The summed E-state index contributed by atoms with van der Waals surface area (Å²) < 4.78 is 0. The molecule has 1 fully saturated rings. The van der Waals surface area contributed by atoms with Crippen LogP contribution in [0.2, 0.25) is 0 Å². The fraction of sp³-hybridized carbons (Fsp3) is 0.529. The average molecular weight is 313 g/mol. The van der Waals surface area contributed by atoms with Crippen LogP contribution in [0.5, 0.6) is 0 Å². The third kappa shape index (κ3) is 3.75. The zero-order valence-corrected chi connectivity index (χ0v) is 13.8. The Hall–Kier alpha value is -2.24. The van der Waals surface area contributed by atoms with Crippen molar-refractivity contribution in [2.45, 2.75) is 51.6 Å². The highest BCUT2D eigenvalue weighted by Gasteiger charge is 2.22. The molecule has 122 valence electrons. The van der Waals surface area contributed by atoms with Crippen molar-refractivity contribution in [2.75, 3.05) is 7.05 Å². The smallest absolute Gasteiger partial charge is 0.246 e. The Morgan fingerprint density at radius 2 is 1.91 bits per heavy atom. The molecule has 0 saturated heterocycles. The normalized spacial score (nSPS) is 15.6. The van der Waals surface area contributed by atoms with E-state index in [-0.39, 0.29) is 12.5 Å². The van der Waals surface area contributed by atoms with Gasteiger partial charge in [0, 0.05) is 18.7 Å². The summed E-state index contributed by atoms with van der Waals surface area (Å²) in [4.78, 5) is 15.6. The Kier molecular flexibility index (Phi) is 4.69. The molecule has 0 bridgehead atoms. The molecule has 2 aromatic rings. The number of hydrogen-bond acceptors (Lipinski definition) is 4. The van der Waals surface area contributed by atoms with Crippen LogP contribution in [0.1, 0.15) is 37.7 Å². The summed E-state index contributed by atoms with van der Waals surface area (Å²) in [6, 6.07) is 8.31. The van der Waals surface area contributed by atoms with Gasteiger partial charge in [-0.3, -0.25) is 4.79 Å². The third-order valence-corrected chi connectivity index (χ3v) is 4.56. The number of tetrazole rings is 1. The number of aryl methyl sites for hydroxylation is 1. The van der Waals surface area contributed by atoms with E-state index in [1.807, 2.05) is 43.1 Å². The number of nitrogens with zero attached hydrogens (tertiary/aromatic N) is 5. The number of amides is 1. The third-order valence-electron chi connectivity index (χ3n) is 4.56. The van der Waals surface area contributed by atoms with E-state index < -0.39 is 0 Å². The molecule has 0 N–H and O–H groups in total. The molecule has 3 rings (SSSR count). The van der Waals surface area contributed by atoms with Crippen LogP contribution in [0.3, 0.4) is 0 Å². The van der Waals surface area contributed by atoms with Crippen LogP contribution in [0.15, 0.2) is 24.3 Å². The van der Waals surface area contributed by atoms with Gasteiger partial charge in [-0.25, -0.2) is 0 Å². The minimum absolute atomic E-state index is 0.0461. The van der Waals surface area contributed by atoms with Crippen molar-refractivity contribution in [3.63, 3.8) is 0 Å². The molecule has 6 nitrogen and oxygen atoms in total. The number of carbonyl (C=O) groups is 1. The predicted octanol–water partition coefficient (Wildman–Crippen LogP) is 2.44. The lowest BCUT2D eigenvalue weighted by atomic mass is 9.94. The molecule has 1 amide bonds. The molecule has 1 heterocycles. The molecular weight excluding hydrogens is 290 g/mol. The first kappa shape index (κ1) is 15.6. The van der Waals surface area contributed by atoms with Gasteiger partial charge in [0.2, 0.25) is 11.7 Å². The Labute approximate surface area is 136 Å². The standard InChI is InChI=1S/C17H23N5O/c1-13-8-10-14(11-9-13)17-18-20-22(19-17)12-16(23)21(2)15-6-4-3-5-7-15/h8-11,15H,3-7,12H2,1-2H3. The first-order valence-electron chi connectivity index (χ1n) is 8.24. The van der Waals surface area contributed by atoms with Gasteiger partial charge in [-0.05, 0) is 25.0 Å². The summed E-state index contributed by atoms with van der Waals surface area (Å²) >= 11 is 0. The highest BCUT2D eigenvalue weighted by Crippen LogP contribution is 2.21. The van der Waals surface area contributed by atoms with Gasteiger partial charge in [0.05, 0.1) is 0 Å². The molecule has 1 aromatic carbocycles. The van der Waals surface area contributed by atoms with Crippen molar-refractivity contribution in [1.82, 2.24) is 25.1 Å². The van der Waals surface area contributed by atoms with E-state index >= 15 is 0 Å². The molecule has 23 heavy (non-hydrogen) atoms. The van der Waals surface area contributed by atoms with Crippen LogP contribution >= 0.6 is 0 Å². The second kappa shape index (κ2) is 6.89. The van der Waals surface area contributed by atoms with Gasteiger partial charge < -0.3 is 4.90 Å². The molecule has 0 unspecified atom stereocenters. The summed E-state index contributed by atoms with van der Waals surface area (Å²) in [5.41, 5.74) is 2.10. The van der Waals surface area contributed by atoms with Crippen molar-refractivity contribution in [1.29, 1.82) is 0 Å². The lowest BCUT2D eigenvalue weighted by molar-refractivity contribution is -0.133. The second-order valence-corrected chi connectivity index (χ2v) is 6.31. The molecule has 0 radical (unpaired) electrons. The average Bonchev–Trinajstić information content (AvgIpc) is 3.04. The van der Waals surface area contributed by atoms with Crippen LogP contribution in [-0.2, 0) is 11.3 Å². The molecular formula is C17H23N5O. The van der Waals surface area contributed by atoms with Crippen molar-refractivity contribution < 1.29 is 4.79 Å². The summed E-state index contributed by atoms with van der Waals surface area (Å²) in [7, 11) is 1.89. The Morgan fingerprint density at radius 1 is 1.22 bits per heavy atom. The highest BCUT2D eigenvalue weighted by atomic mass is 16.2. The molecule has 6 heteroatoms. The number of hydrogen-bond donors (Lipinski definition) is 0. The number of benzene rings is 1. The first-order chi connectivity index (χ1) is 11.1. The van der Waals surface area contributed by atoms with E-state index in [0.29, 0.717) is 11.9 Å². The van der Waals surface area contributed by atoms with Crippen LogP contribution in [0.4, 0.5) is 0 Å². The zero-order valence-electron chi connectivity index (χ0n) is 13.8. The van der Waals surface area contributed by atoms with Crippen LogP contribution in [-0.4, -0.2) is 44.1 Å². The second-order valence-electron chi connectivity index (χ2n) is 6.31. The van der Waals surface area contributed by atoms with Crippen LogP contribution < -0.4 is 0 Å². The Bertz CT molecular complexity index is 658. The fourth-order valence-corrected chi connectivity index (χ4v) is 3.03. The van der Waals surface area contributed by atoms with Crippen molar-refractivity contribution in [3.8, 4) is 11.4 Å². The lowest BCUT2D eigenvalue weighted by Crippen LogP contribution is -2.40. The number of rotatable bonds is 4. The van der Waals surface area contributed by atoms with Crippen molar-refractivity contribution >= 4 is 5.91 Å². The van der Waals surface area contributed by atoms with E-state index in [4.69, 9.17) is 0 Å². The minimum atomic E-state index is 0.0461. The SMILES string of the molecule is Cc1ccc(-c2nnn(CC(=O)N(C)C3CCCCC3)n2)cc1. The molecule has 1 aliphatic carbocycles. The van der Waals surface area contributed by atoms with Crippen molar-refractivity contribution in [2.24, 2.45) is 0 Å². The lowest BCUT2D eigenvalue weighted by Gasteiger charge is -2.31. The highest BCUT2D eigenvalue weighted by molar-refractivity contribution is 5.75. The largest absolute Gasteiger partial charge is 0.341 e. The maximum atomic E-state index is 12.4. The van der Waals surface area contributed by atoms with Gasteiger partial charge in [-0.2, -0.15) is 4.80 Å². The van der Waals surface area contributed by atoms with Crippen molar-refractivity contribution in [3.05, 3.63) is 29.8 Å². The maximum absolute atomic E-state index is 12.4. The minimum Gasteiger partial charge on any atom is -0.341 e.